The number of ether oxygens (including phenoxy) is 2. The molecule has 0 radical (unpaired) electrons. The lowest BCUT2D eigenvalue weighted by atomic mass is 10.0. The number of hydrogen-bond donors (Lipinski definition) is 2. The summed E-state index contributed by atoms with van der Waals surface area (Å²) in [6.45, 7) is 4.32. The van der Waals surface area contributed by atoms with Gasteiger partial charge in [0, 0.05) is 62.7 Å². The summed E-state index contributed by atoms with van der Waals surface area (Å²) >= 11 is 0. The lowest BCUT2D eigenvalue weighted by molar-refractivity contribution is 0.0534. The highest BCUT2D eigenvalue weighted by molar-refractivity contribution is 5.97. The van der Waals surface area contributed by atoms with Crippen molar-refractivity contribution < 1.29 is 27.8 Å². The lowest BCUT2D eigenvalue weighted by Gasteiger charge is -2.35. The zero-order chi connectivity index (χ0) is 29.1. The van der Waals surface area contributed by atoms with Crippen LogP contribution in [0.4, 0.5) is 8.78 Å². The fraction of sp³-hybridized carbons (Fsp3) is 0.387. The van der Waals surface area contributed by atoms with Gasteiger partial charge < -0.3 is 29.9 Å². The number of halogens is 2. The second-order valence-corrected chi connectivity index (χ2v) is 10.8. The molecule has 1 aromatic heterocycles. The number of benzene rings is 2. The van der Waals surface area contributed by atoms with E-state index in [1.54, 1.807) is 34.1 Å². The van der Waals surface area contributed by atoms with Gasteiger partial charge in [0.05, 0.1) is 5.56 Å². The monoisotopic (exact) mass is 577 g/mol. The van der Waals surface area contributed by atoms with Crippen LogP contribution in [-0.4, -0.2) is 91.2 Å². The molecule has 2 N–H and O–H groups in total. The average molecular weight is 578 g/mol. The number of pyridine rings is 1. The zero-order valence-electron chi connectivity index (χ0n) is 23.2. The number of carbonyl (C=O) groups is 2. The van der Waals surface area contributed by atoms with Crippen LogP contribution in [-0.2, 0) is 0 Å². The molecule has 11 heteroatoms. The maximum atomic E-state index is 14.3. The van der Waals surface area contributed by atoms with Gasteiger partial charge in [-0.1, -0.05) is 12.1 Å². The van der Waals surface area contributed by atoms with Crippen molar-refractivity contribution in [1.82, 2.24) is 25.4 Å². The second kappa shape index (κ2) is 12.4. The van der Waals surface area contributed by atoms with Crippen molar-refractivity contribution in [2.75, 3.05) is 52.4 Å². The van der Waals surface area contributed by atoms with E-state index >= 15 is 0 Å². The third-order valence-electron chi connectivity index (χ3n) is 7.84. The van der Waals surface area contributed by atoms with Crippen LogP contribution in [0.1, 0.15) is 33.6 Å². The van der Waals surface area contributed by atoms with Crippen LogP contribution in [0.3, 0.4) is 0 Å². The second-order valence-electron chi connectivity index (χ2n) is 10.8. The first-order valence-electron chi connectivity index (χ1n) is 14.3. The summed E-state index contributed by atoms with van der Waals surface area (Å²) in [5.41, 5.74) is 1.90. The molecule has 0 aliphatic carbocycles. The minimum absolute atomic E-state index is 0.0377. The molecule has 0 bridgehead atoms. The van der Waals surface area contributed by atoms with E-state index in [4.69, 9.17) is 9.47 Å². The van der Waals surface area contributed by atoms with Crippen LogP contribution < -0.4 is 20.1 Å². The van der Waals surface area contributed by atoms with Gasteiger partial charge in [0.2, 0.25) is 5.88 Å². The molecule has 220 valence electrons. The number of amides is 2. The Balaban J connectivity index is 1.13. The van der Waals surface area contributed by atoms with Gasteiger partial charge >= 0.3 is 0 Å². The largest absolute Gasteiger partial charge is 0.489 e. The van der Waals surface area contributed by atoms with Crippen molar-refractivity contribution in [3.63, 3.8) is 0 Å². The standard InChI is InChI=1S/C31H33F2N5O4/c32-23-3-1-20(2-4-23)28-15-22(17-36-29(28)42-26-6-8-35-19-26)31(40)38-11-9-37(10-12-38)30(39)21-13-24(33)16-27(14-21)41-25-5-7-34-18-25/h1-4,13-17,25-26,34-35H,5-12,18-19H2/t25-,26+/m1/s1. The molecule has 3 fully saturated rings. The van der Waals surface area contributed by atoms with Gasteiger partial charge in [-0.15, -0.1) is 0 Å². The number of aromatic nitrogens is 1. The fourth-order valence-corrected chi connectivity index (χ4v) is 5.54. The number of carbonyl (C=O) groups excluding carboxylic acids is 2. The number of nitrogens with zero attached hydrogens (tertiary/aromatic N) is 3. The maximum Gasteiger partial charge on any atom is 0.255 e. The minimum Gasteiger partial charge on any atom is -0.489 e. The first-order chi connectivity index (χ1) is 20.4. The number of piperazine rings is 1. The normalized spacial score (nSPS) is 20.5. The predicted octanol–water partition coefficient (Wildman–Crippen LogP) is 3.11. The first kappa shape index (κ1) is 28.0. The van der Waals surface area contributed by atoms with Crippen molar-refractivity contribution in [2.45, 2.75) is 25.0 Å². The fourth-order valence-electron chi connectivity index (χ4n) is 5.54. The SMILES string of the molecule is O=C(c1cc(F)cc(O[C@@H]2CCNC2)c1)N1CCN(C(=O)c2cnc(O[C@H]3CCNC3)c(-c3ccc(F)cc3)c2)CC1. The molecular formula is C31H33F2N5O4. The van der Waals surface area contributed by atoms with Crippen LogP contribution in [0.2, 0.25) is 0 Å². The molecule has 2 amide bonds. The summed E-state index contributed by atoms with van der Waals surface area (Å²) in [6, 6.07) is 11.8. The van der Waals surface area contributed by atoms with Gasteiger partial charge in [0.15, 0.2) is 0 Å². The Morgan fingerprint density at radius 3 is 2.00 bits per heavy atom. The molecule has 3 aliphatic heterocycles. The van der Waals surface area contributed by atoms with Crippen LogP contribution in [0.5, 0.6) is 11.6 Å². The van der Waals surface area contributed by atoms with E-state index in [0.717, 1.165) is 25.9 Å². The van der Waals surface area contributed by atoms with Gasteiger partial charge in [-0.05, 0) is 61.8 Å². The highest BCUT2D eigenvalue weighted by atomic mass is 19.1. The minimum atomic E-state index is -0.531. The average Bonchev–Trinajstić information content (AvgIpc) is 3.72. The summed E-state index contributed by atoms with van der Waals surface area (Å²) in [4.78, 5) is 34.5. The Bertz CT molecular complexity index is 1430. The van der Waals surface area contributed by atoms with Crippen LogP contribution in [0.15, 0.2) is 54.7 Å². The molecule has 2 atom stereocenters. The highest BCUT2D eigenvalue weighted by Crippen LogP contribution is 2.31. The van der Waals surface area contributed by atoms with Crippen molar-refractivity contribution in [2.24, 2.45) is 0 Å². The van der Waals surface area contributed by atoms with E-state index in [1.165, 1.54) is 30.5 Å². The van der Waals surface area contributed by atoms with E-state index in [1.807, 2.05) is 0 Å². The van der Waals surface area contributed by atoms with Crippen LogP contribution in [0, 0.1) is 11.6 Å². The summed E-state index contributed by atoms with van der Waals surface area (Å²) in [5.74, 6) is -0.691. The van der Waals surface area contributed by atoms with Gasteiger partial charge in [-0.3, -0.25) is 9.59 Å². The van der Waals surface area contributed by atoms with E-state index in [-0.39, 0.29) is 35.4 Å². The molecule has 4 heterocycles. The number of hydrogen-bond acceptors (Lipinski definition) is 7. The number of rotatable bonds is 7. The van der Waals surface area contributed by atoms with Gasteiger partial charge in [-0.25, -0.2) is 13.8 Å². The molecule has 3 aliphatic rings. The van der Waals surface area contributed by atoms with E-state index in [2.05, 4.69) is 15.6 Å². The maximum absolute atomic E-state index is 14.3. The molecule has 0 spiro atoms. The first-order valence-corrected chi connectivity index (χ1v) is 14.3. The predicted molar refractivity (Wildman–Crippen MR) is 152 cm³/mol. The Hall–Kier alpha value is -4.09. The van der Waals surface area contributed by atoms with Gasteiger partial charge in [-0.2, -0.15) is 0 Å². The topological polar surface area (TPSA) is 96.0 Å². The lowest BCUT2D eigenvalue weighted by Crippen LogP contribution is -2.50. The third kappa shape index (κ3) is 6.37. The van der Waals surface area contributed by atoms with Gasteiger partial charge in [0.25, 0.3) is 11.8 Å². The molecule has 0 unspecified atom stereocenters. The quantitative estimate of drug-likeness (QED) is 0.446. The molecule has 3 saturated heterocycles. The molecule has 3 aromatic rings. The molecule has 2 aromatic carbocycles. The smallest absolute Gasteiger partial charge is 0.255 e. The van der Waals surface area contributed by atoms with E-state index in [0.29, 0.717) is 67.6 Å². The summed E-state index contributed by atoms with van der Waals surface area (Å²) < 4.78 is 40.0. The molecule has 9 nitrogen and oxygen atoms in total. The Morgan fingerprint density at radius 1 is 0.762 bits per heavy atom. The summed E-state index contributed by atoms with van der Waals surface area (Å²) in [5, 5.41) is 6.45. The van der Waals surface area contributed by atoms with Crippen LogP contribution >= 0.6 is 0 Å². The molecule has 42 heavy (non-hydrogen) atoms. The zero-order valence-corrected chi connectivity index (χ0v) is 23.2. The number of nitrogens with one attached hydrogen (secondary N) is 2. The highest BCUT2D eigenvalue weighted by Gasteiger charge is 2.28. The third-order valence-corrected chi connectivity index (χ3v) is 7.84. The van der Waals surface area contributed by atoms with Crippen molar-refractivity contribution in [3.8, 4) is 22.8 Å². The van der Waals surface area contributed by atoms with E-state index < -0.39 is 5.82 Å². The Kier molecular flexibility index (Phi) is 8.29. The molecular weight excluding hydrogens is 544 g/mol. The van der Waals surface area contributed by atoms with Crippen LogP contribution in [0.25, 0.3) is 11.1 Å². The Labute approximate surface area is 242 Å². The van der Waals surface area contributed by atoms with Gasteiger partial charge in [0.1, 0.15) is 29.6 Å². The molecule has 6 rings (SSSR count). The Morgan fingerprint density at radius 2 is 1.38 bits per heavy atom. The molecule has 0 saturated carbocycles. The van der Waals surface area contributed by atoms with E-state index in [9.17, 15) is 18.4 Å². The summed E-state index contributed by atoms with van der Waals surface area (Å²) in [6.07, 6.45) is 3.08. The van der Waals surface area contributed by atoms with Crippen molar-refractivity contribution in [1.29, 1.82) is 0 Å². The van der Waals surface area contributed by atoms with Crippen molar-refractivity contribution >= 4 is 11.8 Å². The van der Waals surface area contributed by atoms with Crippen molar-refractivity contribution in [3.05, 3.63) is 77.5 Å². The summed E-state index contributed by atoms with van der Waals surface area (Å²) in [7, 11) is 0.